The molecule has 0 saturated carbocycles. The topological polar surface area (TPSA) is 353 Å². The van der Waals surface area contributed by atoms with Crippen LogP contribution in [0.1, 0.15) is 177 Å². The van der Waals surface area contributed by atoms with E-state index in [1.807, 2.05) is 0 Å². The van der Waals surface area contributed by atoms with Gasteiger partial charge in [-0.1, -0.05) is 72.8 Å². The monoisotopic (exact) mass is 1360 g/mol. The molecule has 18 heteroatoms. The molecule has 12 atom stereocenters. The molecule has 17 rings (SSSR count). The van der Waals surface area contributed by atoms with Gasteiger partial charge in [-0.3, -0.25) is 0 Å². The third-order valence-corrected chi connectivity index (χ3v) is 22.1. The van der Waals surface area contributed by atoms with Gasteiger partial charge in [-0.05, 0) is 176 Å². The fraction of sp³-hybridized carbons (Fsp3) is 0.143. The average Bonchev–Trinajstić information content (AvgIpc) is 1.53. The van der Waals surface area contributed by atoms with E-state index in [4.69, 9.17) is 4.74 Å². The van der Waals surface area contributed by atoms with E-state index in [9.17, 15) is 86.8 Å². The van der Waals surface area contributed by atoms with Gasteiger partial charge >= 0.3 is 0 Å². The molecule has 102 heavy (non-hydrogen) atoms. The number of fused-ring (bicyclic) bond motifs is 3. The molecule has 17 N–H and O–H groups in total. The first-order chi connectivity index (χ1) is 49.1. The van der Waals surface area contributed by atoms with Crippen molar-refractivity contribution in [1.29, 1.82) is 0 Å². The molecule has 2 unspecified atom stereocenters. The summed E-state index contributed by atoms with van der Waals surface area (Å²) in [6.07, 6.45) is -0.899. The lowest BCUT2D eigenvalue weighted by molar-refractivity contribution is 0.221. The van der Waals surface area contributed by atoms with Gasteiger partial charge < -0.3 is 91.5 Å². The Morgan fingerprint density at radius 1 is 0.225 bits per heavy atom. The summed E-state index contributed by atoms with van der Waals surface area (Å²) in [6.45, 7) is 0. The van der Waals surface area contributed by atoms with Gasteiger partial charge in [0.15, 0.2) is 0 Å². The molecule has 5 aliphatic rings. The highest BCUT2D eigenvalue weighted by Crippen LogP contribution is 2.73. The van der Waals surface area contributed by atoms with Gasteiger partial charge in [0.1, 0.15) is 110 Å². The van der Waals surface area contributed by atoms with Gasteiger partial charge in [0, 0.05) is 128 Å². The molecule has 18 nitrogen and oxygen atoms in total. The number of hydrogen-bond donors (Lipinski definition) is 17. The minimum Gasteiger partial charge on any atom is -0.508 e. The number of aromatic hydroxyl groups is 17. The fourth-order valence-corrected chi connectivity index (χ4v) is 18.5. The number of benzene rings is 12. The van der Waals surface area contributed by atoms with Crippen LogP contribution in [0.2, 0.25) is 0 Å². The highest BCUT2D eigenvalue weighted by atomic mass is 16.5. The van der Waals surface area contributed by atoms with Crippen molar-refractivity contribution in [3.63, 3.8) is 0 Å². The third-order valence-electron chi connectivity index (χ3n) is 22.1. The van der Waals surface area contributed by atoms with Crippen molar-refractivity contribution < 1.29 is 91.5 Å². The van der Waals surface area contributed by atoms with E-state index in [0.717, 1.165) is 18.2 Å². The zero-order chi connectivity index (χ0) is 70.7. The van der Waals surface area contributed by atoms with Crippen LogP contribution in [0.4, 0.5) is 0 Å². The van der Waals surface area contributed by atoms with Gasteiger partial charge in [-0.2, -0.15) is 0 Å². The minimum atomic E-state index is -1.46. The van der Waals surface area contributed by atoms with Crippen LogP contribution >= 0.6 is 0 Å². The molecule has 1 heterocycles. The molecular weight excluding hydrogens is 1300 g/mol. The zero-order valence-electron chi connectivity index (χ0n) is 53.6. The summed E-state index contributed by atoms with van der Waals surface area (Å²) in [5.74, 6) is -16.1. The van der Waals surface area contributed by atoms with Crippen molar-refractivity contribution in [2.75, 3.05) is 0 Å². The van der Waals surface area contributed by atoms with Crippen LogP contribution in [0, 0.1) is 0 Å². The highest BCUT2D eigenvalue weighted by Gasteiger charge is 2.58. The molecule has 12 aromatic carbocycles. The second-order valence-electron chi connectivity index (χ2n) is 27.5. The summed E-state index contributed by atoms with van der Waals surface area (Å²) in [6, 6.07) is 52.8. The van der Waals surface area contributed by atoms with Gasteiger partial charge in [0.2, 0.25) is 0 Å². The molecule has 0 amide bonds. The van der Waals surface area contributed by atoms with Gasteiger partial charge in [-0.15, -0.1) is 0 Å². The summed E-state index contributed by atoms with van der Waals surface area (Å²) in [4.78, 5) is 0. The average molecular weight is 1360 g/mol. The summed E-state index contributed by atoms with van der Waals surface area (Å²) < 4.78 is 6.95. The highest BCUT2D eigenvalue weighted by molar-refractivity contribution is 5.76. The van der Waals surface area contributed by atoms with Crippen molar-refractivity contribution in [2.45, 2.75) is 71.2 Å². The maximum absolute atomic E-state index is 13.7. The molecule has 4 aliphatic carbocycles. The number of rotatable bonds is 10. The van der Waals surface area contributed by atoms with Crippen molar-refractivity contribution in [3.8, 4) is 103 Å². The van der Waals surface area contributed by atoms with E-state index in [0.29, 0.717) is 61.2 Å². The minimum absolute atomic E-state index is 0.0157. The van der Waals surface area contributed by atoms with E-state index < -0.39 is 106 Å². The first-order valence-electron chi connectivity index (χ1n) is 33.2. The summed E-state index contributed by atoms with van der Waals surface area (Å²) in [7, 11) is 0. The zero-order valence-corrected chi connectivity index (χ0v) is 53.6. The first-order valence-corrected chi connectivity index (χ1v) is 33.2. The molecule has 12 aromatic rings. The molecule has 0 aromatic heterocycles. The van der Waals surface area contributed by atoms with E-state index in [1.165, 1.54) is 115 Å². The summed E-state index contributed by atoms with van der Waals surface area (Å²) in [5.41, 5.74) is 6.62. The van der Waals surface area contributed by atoms with Crippen LogP contribution in [-0.2, 0) is 0 Å². The van der Waals surface area contributed by atoms with Crippen LogP contribution in [-0.4, -0.2) is 86.8 Å². The SMILES string of the molecule is Oc1ccc([C@@H]2c3c(O)cc(O)cc3[C@H]([C@@H](c3ccc(O)cc3)c3c(O)cc([C@@H]4c5c(O)cc6c7c5C([C@H](c5ccc(O)cc5)c5c(O)cc(O)cc5[C@@H]7[C@@H](c5ccc(O)cc5)O6)[C@H]4c4ccc(O)cc4)cc3O)c3c(O)cc(O)c4c3C2[C@@H](c2ccc(O)cc2)[C@@H]4c2cc(O)cc(O)c2)cc1. The predicted octanol–water partition coefficient (Wildman–Crippen LogP) is 15.2. The lowest BCUT2D eigenvalue weighted by atomic mass is 9.68. The summed E-state index contributed by atoms with van der Waals surface area (Å²) >= 11 is 0. The van der Waals surface area contributed by atoms with Crippen LogP contribution in [0.3, 0.4) is 0 Å². The van der Waals surface area contributed by atoms with Crippen LogP contribution in [0.5, 0.6) is 103 Å². The number of phenolic OH excluding ortho intramolecular Hbond substituents is 17. The normalized spacial score (nSPS) is 21.9. The lowest BCUT2D eigenvalue weighted by Crippen LogP contribution is -2.21. The number of hydrogen-bond acceptors (Lipinski definition) is 18. The molecule has 0 fully saturated rings. The Morgan fingerprint density at radius 2 is 0.578 bits per heavy atom. The molecular formula is C84H64O18. The van der Waals surface area contributed by atoms with Crippen LogP contribution < -0.4 is 4.74 Å². The molecule has 0 saturated heterocycles. The Kier molecular flexibility index (Phi) is 14.1. The van der Waals surface area contributed by atoms with E-state index in [-0.39, 0.29) is 114 Å². The van der Waals surface area contributed by atoms with Crippen molar-refractivity contribution in [3.05, 3.63) is 318 Å². The van der Waals surface area contributed by atoms with Crippen LogP contribution in [0.25, 0.3) is 0 Å². The van der Waals surface area contributed by atoms with E-state index in [1.54, 1.807) is 78.9 Å². The fourth-order valence-electron chi connectivity index (χ4n) is 18.5. The first kappa shape index (κ1) is 62.6. The molecule has 0 spiro atoms. The number of phenols is 17. The van der Waals surface area contributed by atoms with Gasteiger partial charge in [-0.25, -0.2) is 0 Å². The van der Waals surface area contributed by atoms with Crippen molar-refractivity contribution in [1.82, 2.24) is 0 Å². The molecule has 1 aliphatic heterocycles. The Morgan fingerprint density at radius 3 is 1.05 bits per heavy atom. The molecule has 0 radical (unpaired) electrons. The largest absolute Gasteiger partial charge is 0.508 e. The second kappa shape index (κ2) is 23.1. The van der Waals surface area contributed by atoms with Gasteiger partial charge in [0.25, 0.3) is 0 Å². The number of ether oxygens (including phenoxy) is 1. The maximum Gasteiger partial charge on any atom is 0.135 e. The predicted molar refractivity (Wildman–Crippen MR) is 373 cm³/mol. The maximum atomic E-state index is 13.7. The lowest BCUT2D eigenvalue weighted by Gasteiger charge is -2.35. The van der Waals surface area contributed by atoms with E-state index in [2.05, 4.69) is 0 Å². The third kappa shape index (κ3) is 9.60. The van der Waals surface area contributed by atoms with Crippen molar-refractivity contribution >= 4 is 0 Å². The smallest absolute Gasteiger partial charge is 0.135 e. The van der Waals surface area contributed by atoms with Crippen molar-refractivity contribution in [2.24, 2.45) is 0 Å². The van der Waals surface area contributed by atoms with E-state index >= 15 is 0 Å². The summed E-state index contributed by atoms with van der Waals surface area (Å²) in [5, 5.41) is 204. The quantitative estimate of drug-likeness (QED) is 0.0605. The standard InChI is InChI=1S/C84H64O18/c85-44-13-1-36(2-14-44)64-69(42-25-50(91)29-51(92)26-42)76-60(99)34-61(100)78-73(54-30-52(93)32-58(97)71(54)66(80(64)82(76)78)38-5-17-46(87)18-6-38)68(40-9-21-48(89)22-10-40)75-56(95)27-43(28-57(75)96)70-65(37-3-15-45(86)16-4-37)81-67(39-7-19-47(88)20-8-39)72-55(31-53(94)33-59(72)98)74-79-63(35-62(101)77(70)83(79)81)102-84(74)41-11-23-49(90)24-12-41/h1-35,64-70,73-74,80-81,84-101H/t64-,65-,66+,67+,68+,69-,70-,73+,74-,80?,81?,84+/m0/s1. The Bertz CT molecular complexity index is 5360. The Hall–Kier alpha value is -13.0. The molecule has 508 valence electrons. The Balaban J connectivity index is 0.949. The van der Waals surface area contributed by atoms with Crippen LogP contribution in [0.15, 0.2) is 212 Å². The molecule has 0 bridgehead atoms. The Labute approximate surface area is 581 Å². The second-order valence-corrected chi connectivity index (χ2v) is 27.5. The van der Waals surface area contributed by atoms with Gasteiger partial charge in [0.05, 0.1) is 5.92 Å².